The van der Waals surface area contributed by atoms with Gasteiger partial charge in [-0.3, -0.25) is 0 Å². The number of aryl methyl sites for hydroxylation is 2. The molecule has 18 heavy (non-hydrogen) atoms. The zero-order valence-corrected chi connectivity index (χ0v) is 12.2. The molecule has 0 aromatic heterocycles. The monoisotopic (exact) mass is 246 g/mol. The average Bonchev–Trinajstić information content (AvgIpc) is 2.30. The molecule has 0 spiro atoms. The van der Waals surface area contributed by atoms with Crippen LogP contribution in [0.2, 0.25) is 0 Å². The molecule has 2 nitrogen and oxygen atoms in total. The lowest BCUT2D eigenvalue weighted by Crippen LogP contribution is -2.48. The third kappa shape index (κ3) is 3.05. The normalized spacial score (nSPS) is 24.3. The van der Waals surface area contributed by atoms with E-state index in [9.17, 15) is 0 Å². The fourth-order valence-electron chi connectivity index (χ4n) is 3.08. The highest BCUT2D eigenvalue weighted by Gasteiger charge is 2.25. The number of nitrogens with zero attached hydrogens (tertiary/aromatic N) is 1. The highest BCUT2D eigenvalue weighted by Crippen LogP contribution is 2.25. The lowest BCUT2D eigenvalue weighted by molar-refractivity contribution is 0.327. The molecule has 2 unspecified atom stereocenters. The van der Waals surface area contributed by atoms with E-state index in [2.05, 4.69) is 56.1 Å². The van der Waals surface area contributed by atoms with Crippen LogP contribution in [0.15, 0.2) is 18.2 Å². The maximum atomic E-state index is 3.60. The van der Waals surface area contributed by atoms with Crippen LogP contribution in [0.3, 0.4) is 0 Å². The number of benzene rings is 1. The van der Waals surface area contributed by atoms with Gasteiger partial charge in [-0.2, -0.15) is 0 Å². The molecule has 0 amide bonds. The van der Waals surface area contributed by atoms with Gasteiger partial charge in [0.25, 0.3) is 0 Å². The van der Waals surface area contributed by atoms with E-state index in [1.807, 2.05) is 0 Å². The molecule has 2 atom stereocenters. The summed E-state index contributed by atoms with van der Waals surface area (Å²) in [5.41, 5.74) is 4.13. The van der Waals surface area contributed by atoms with Gasteiger partial charge in [0.1, 0.15) is 0 Å². The Kier molecular flexibility index (Phi) is 4.28. The summed E-state index contributed by atoms with van der Waals surface area (Å²) in [4.78, 5) is 2.54. The van der Waals surface area contributed by atoms with Crippen molar-refractivity contribution < 1.29 is 0 Å². The Balaban J connectivity index is 2.07. The van der Waals surface area contributed by atoms with Gasteiger partial charge in [0.2, 0.25) is 0 Å². The van der Waals surface area contributed by atoms with Crippen LogP contribution in [0.25, 0.3) is 0 Å². The van der Waals surface area contributed by atoms with Crippen molar-refractivity contribution in [3.8, 4) is 0 Å². The zero-order chi connectivity index (χ0) is 13.1. The third-order valence-electron chi connectivity index (χ3n) is 3.94. The molecule has 1 aromatic carbocycles. The predicted molar refractivity (Wildman–Crippen MR) is 79.4 cm³/mol. The maximum absolute atomic E-state index is 3.60. The fraction of sp³-hybridized carbons (Fsp3) is 0.625. The van der Waals surface area contributed by atoms with E-state index in [-0.39, 0.29) is 0 Å². The summed E-state index contributed by atoms with van der Waals surface area (Å²) in [6.07, 6.45) is 1.25. The second-order valence-corrected chi connectivity index (χ2v) is 5.72. The quantitative estimate of drug-likeness (QED) is 0.881. The summed E-state index contributed by atoms with van der Waals surface area (Å²) in [5, 5.41) is 3.60. The smallest absolute Gasteiger partial charge is 0.0371 e. The molecule has 1 fully saturated rings. The van der Waals surface area contributed by atoms with Gasteiger partial charge in [-0.15, -0.1) is 0 Å². The van der Waals surface area contributed by atoms with Crippen LogP contribution in [-0.2, 0) is 0 Å². The van der Waals surface area contributed by atoms with E-state index in [0.29, 0.717) is 6.04 Å². The number of piperidine rings is 1. The topological polar surface area (TPSA) is 15.3 Å². The maximum Gasteiger partial charge on any atom is 0.0371 e. The minimum absolute atomic E-state index is 0.692. The van der Waals surface area contributed by atoms with Gasteiger partial charge in [0.05, 0.1) is 0 Å². The molecule has 0 aliphatic carbocycles. The molecule has 100 valence electrons. The Hall–Kier alpha value is -1.02. The number of nitrogens with one attached hydrogen (secondary N) is 1. The second-order valence-electron chi connectivity index (χ2n) is 5.72. The first-order valence-electron chi connectivity index (χ1n) is 7.16. The van der Waals surface area contributed by atoms with Gasteiger partial charge in [-0.25, -0.2) is 0 Å². The van der Waals surface area contributed by atoms with E-state index >= 15 is 0 Å². The summed E-state index contributed by atoms with van der Waals surface area (Å²) >= 11 is 0. The molecule has 1 aliphatic heterocycles. The van der Waals surface area contributed by atoms with Crippen LogP contribution in [0.5, 0.6) is 0 Å². The van der Waals surface area contributed by atoms with E-state index in [1.54, 1.807) is 0 Å². The van der Waals surface area contributed by atoms with Gasteiger partial charge in [0.15, 0.2) is 0 Å². The van der Waals surface area contributed by atoms with Crippen LogP contribution in [0, 0.1) is 19.8 Å². The van der Waals surface area contributed by atoms with Crippen molar-refractivity contribution >= 4 is 5.69 Å². The molecule has 1 aliphatic rings. The lowest BCUT2D eigenvalue weighted by atomic mass is 9.93. The molecule has 1 saturated heterocycles. The summed E-state index contributed by atoms with van der Waals surface area (Å²) in [7, 11) is 0. The molecular formula is C16H26N2. The average molecular weight is 246 g/mol. The largest absolute Gasteiger partial charge is 0.371 e. The molecule has 0 saturated carbocycles. The fourth-order valence-corrected chi connectivity index (χ4v) is 3.08. The Morgan fingerprint density at radius 1 is 1.22 bits per heavy atom. The number of hydrogen-bond acceptors (Lipinski definition) is 2. The van der Waals surface area contributed by atoms with Crippen molar-refractivity contribution in [1.29, 1.82) is 0 Å². The highest BCUT2D eigenvalue weighted by atomic mass is 15.2. The molecule has 1 heterocycles. The Labute approximate surface area is 111 Å². The summed E-state index contributed by atoms with van der Waals surface area (Å²) in [6.45, 7) is 12.4. The standard InChI is InChI=1S/C16H26N2/c1-5-17-16-6-7-18(11-14(16)4)15-9-12(2)8-13(3)10-15/h8-10,14,16-17H,5-7,11H2,1-4H3. The van der Waals surface area contributed by atoms with Gasteiger partial charge in [0, 0.05) is 24.8 Å². The van der Waals surface area contributed by atoms with Crippen LogP contribution in [-0.4, -0.2) is 25.7 Å². The molecular weight excluding hydrogens is 220 g/mol. The van der Waals surface area contributed by atoms with Crippen molar-refractivity contribution in [2.24, 2.45) is 5.92 Å². The first kappa shape index (κ1) is 13.4. The minimum Gasteiger partial charge on any atom is -0.371 e. The van der Waals surface area contributed by atoms with Crippen LogP contribution in [0.4, 0.5) is 5.69 Å². The number of rotatable bonds is 3. The highest BCUT2D eigenvalue weighted by molar-refractivity contribution is 5.51. The second kappa shape index (κ2) is 5.75. The summed E-state index contributed by atoms with van der Waals surface area (Å²) < 4.78 is 0. The lowest BCUT2D eigenvalue weighted by Gasteiger charge is -2.39. The Morgan fingerprint density at radius 2 is 1.89 bits per heavy atom. The Bertz CT molecular complexity index is 380. The van der Waals surface area contributed by atoms with Crippen molar-refractivity contribution in [1.82, 2.24) is 5.32 Å². The van der Waals surface area contributed by atoms with Crippen molar-refractivity contribution in [3.05, 3.63) is 29.3 Å². The molecule has 1 N–H and O–H groups in total. The van der Waals surface area contributed by atoms with Gasteiger partial charge in [-0.1, -0.05) is 19.9 Å². The van der Waals surface area contributed by atoms with Gasteiger partial charge < -0.3 is 10.2 Å². The third-order valence-corrected chi connectivity index (χ3v) is 3.94. The first-order chi connectivity index (χ1) is 8.60. The van der Waals surface area contributed by atoms with E-state index in [0.717, 1.165) is 12.5 Å². The van der Waals surface area contributed by atoms with Crippen LogP contribution in [0.1, 0.15) is 31.4 Å². The molecule has 2 rings (SSSR count). The van der Waals surface area contributed by atoms with Gasteiger partial charge >= 0.3 is 0 Å². The van der Waals surface area contributed by atoms with Crippen LogP contribution >= 0.6 is 0 Å². The summed E-state index contributed by atoms with van der Waals surface area (Å²) in [6, 6.07) is 7.57. The summed E-state index contributed by atoms with van der Waals surface area (Å²) in [5.74, 6) is 0.722. The Morgan fingerprint density at radius 3 is 2.44 bits per heavy atom. The first-order valence-corrected chi connectivity index (χ1v) is 7.16. The van der Waals surface area contributed by atoms with Crippen LogP contribution < -0.4 is 10.2 Å². The minimum atomic E-state index is 0.692. The molecule has 2 heteroatoms. The van der Waals surface area contributed by atoms with Gasteiger partial charge in [-0.05, 0) is 56.0 Å². The van der Waals surface area contributed by atoms with E-state index < -0.39 is 0 Å². The molecule has 1 aromatic rings. The molecule has 0 bridgehead atoms. The van der Waals surface area contributed by atoms with E-state index in [4.69, 9.17) is 0 Å². The van der Waals surface area contributed by atoms with Crippen molar-refractivity contribution in [3.63, 3.8) is 0 Å². The number of anilines is 1. The van der Waals surface area contributed by atoms with Crippen molar-refractivity contribution in [2.45, 2.75) is 40.2 Å². The predicted octanol–water partition coefficient (Wildman–Crippen LogP) is 3.13. The van der Waals surface area contributed by atoms with E-state index in [1.165, 1.54) is 36.3 Å². The number of hydrogen-bond donors (Lipinski definition) is 1. The zero-order valence-electron chi connectivity index (χ0n) is 12.2. The van der Waals surface area contributed by atoms with Crippen molar-refractivity contribution in [2.75, 3.05) is 24.5 Å². The SMILES string of the molecule is CCNC1CCN(c2cc(C)cc(C)c2)CC1C. The molecule has 0 radical (unpaired) electrons.